The Morgan fingerprint density at radius 2 is 1.25 bits per heavy atom. The van der Waals surface area contributed by atoms with E-state index in [-0.39, 0.29) is 0 Å². The van der Waals surface area contributed by atoms with Crippen molar-refractivity contribution < 1.29 is 0 Å². The topological polar surface area (TPSA) is 0 Å². The molecular weight excluding hydrogens is 336 g/mol. The Labute approximate surface area is 164 Å². The van der Waals surface area contributed by atoms with Crippen molar-refractivity contribution in [1.82, 2.24) is 0 Å². The first-order valence-corrected chi connectivity index (χ1v) is 9.46. The summed E-state index contributed by atoms with van der Waals surface area (Å²) in [6, 6.07) is 34.1. The smallest absolute Gasteiger partial charge is 0.0248 e. The van der Waals surface area contributed by atoms with Crippen LogP contribution in [0.15, 0.2) is 103 Å². The molecule has 0 aliphatic heterocycles. The first-order valence-electron chi connectivity index (χ1n) is 9.46. The van der Waals surface area contributed by atoms with Crippen molar-refractivity contribution in [2.24, 2.45) is 0 Å². The van der Waals surface area contributed by atoms with Crippen molar-refractivity contribution in [3.8, 4) is 11.8 Å². The molecule has 0 nitrogen and oxygen atoms in total. The van der Waals surface area contributed by atoms with Crippen molar-refractivity contribution in [2.75, 3.05) is 0 Å². The third kappa shape index (κ3) is 3.04. The zero-order valence-corrected chi connectivity index (χ0v) is 15.4. The molecule has 0 spiro atoms. The van der Waals surface area contributed by atoms with Crippen molar-refractivity contribution in [3.05, 3.63) is 114 Å². The molecule has 0 fully saturated rings. The molecule has 0 radical (unpaired) electrons. The average Bonchev–Trinajstić information content (AvgIpc) is 2.77. The number of allylic oxidation sites excluding steroid dienone is 1. The van der Waals surface area contributed by atoms with Crippen LogP contribution in [0.2, 0.25) is 0 Å². The number of hydrogen-bond acceptors (Lipinski definition) is 0. The second-order valence-electron chi connectivity index (χ2n) is 6.90. The summed E-state index contributed by atoms with van der Waals surface area (Å²) in [5.74, 6) is 6.30. The van der Waals surface area contributed by atoms with Crippen LogP contribution < -0.4 is 0 Å². The molecule has 0 saturated carbocycles. The molecule has 0 saturated heterocycles. The van der Waals surface area contributed by atoms with E-state index in [1.165, 1.54) is 32.3 Å². The van der Waals surface area contributed by atoms with Crippen LogP contribution in [0.3, 0.4) is 0 Å². The lowest BCUT2D eigenvalue weighted by molar-refractivity contribution is 1.65. The van der Waals surface area contributed by atoms with Crippen LogP contribution in [0.25, 0.3) is 38.4 Å². The molecule has 0 heteroatoms. The van der Waals surface area contributed by atoms with Crippen molar-refractivity contribution in [3.63, 3.8) is 0 Å². The fraction of sp³-hybridized carbons (Fsp3) is 0. The maximum atomic E-state index is 3.17. The summed E-state index contributed by atoms with van der Waals surface area (Å²) < 4.78 is 0. The maximum Gasteiger partial charge on any atom is 0.0248 e. The maximum absolute atomic E-state index is 3.17. The van der Waals surface area contributed by atoms with E-state index in [0.29, 0.717) is 0 Å². The lowest BCUT2D eigenvalue weighted by Crippen LogP contribution is -1.82. The van der Waals surface area contributed by atoms with Crippen LogP contribution in [0.5, 0.6) is 0 Å². The summed E-state index contributed by atoms with van der Waals surface area (Å²) in [6.45, 7) is 0. The van der Waals surface area contributed by atoms with Crippen LogP contribution in [0.1, 0.15) is 11.1 Å². The van der Waals surface area contributed by atoms with Crippen molar-refractivity contribution in [2.45, 2.75) is 0 Å². The second-order valence-corrected chi connectivity index (χ2v) is 6.90. The van der Waals surface area contributed by atoms with Crippen molar-refractivity contribution >= 4 is 38.4 Å². The van der Waals surface area contributed by atoms with Gasteiger partial charge in [0.25, 0.3) is 0 Å². The van der Waals surface area contributed by atoms with Gasteiger partial charge in [-0.05, 0) is 68.2 Å². The van der Waals surface area contributed by atoms with Gasteiger partial charge < -0.3 is 0 Å². The Balaban J connectivity index is 1.62. The SMILES string of the molecule is C(#Cc1ccccc1)/C=C\c1ccc2ccc3ccc4ccccc4c3c2c1. The van der Waals surface area contributed by atoms with Crippen LogP contribution in [0.4, 0.5) is 0 Å². The minimum Gasteiger partial charge on any atom is -0.0696 e. The highest BCUT2D eigenvalue weighted by Crippen LogP contribution is 2.32. The lowest BCUT2D eigenvalue weighted by Gasteiger charge is -2.09. The minimum absolute atomic E-state index is 1.03. The minimum atomic E-state index is 1.03. The first kappa shape index (κ1) is 16.4. The monoisotopic (exact) mass is 354 g/mol. The van der Waals surface area contributed by atoms with Crippen LogP contribution in [0, 0.1) is 11.8 Å². The van der Waals surface area contributed by atoms with Crippen LogP contribution >= 0.6 is 0 Å². The van der Waals surface area contributed by atoms with E-state index >= 15 is 0 Å². The summed E-state index contributed by atoms with van der Waals surface area (Å²) >= 11 is 0. The number of fused-ring (bicyclic) bond motifs is 5. The van der Waals surface area contributed by atoms with Gasteiger partial charge in [-0.25, -0.2) is 0 Å². The molecule has 130 valence electrons. The molecule has 5 aromatic carbocycles. The molecule has 0 bridgehead atoms. The summed E-state index contributed by atoms with van der Waals surface area (Å²) in [5.41, 5.74) is 2.19. The highest BCUT2D eigenvalue weighted by Gasteiger charge is 2.05. The van der Waals surface area contributed by atoms with E-state index in [1.54, 1.807) is 0 Å². The van der Waals surface area contributed by atoms with Gasteiger partial charge in [0.15, 0.2) is 0 Å². The Bertz CT molecular complexity index is 1390. The quantitative estimate of drug-likeness (QED) is 0.220. The summed E-state index contributed by atoms with van der Waals surface area (Å²) in [5, 5.41) is 7.72. The number of benzene rings is 5. The lowest BCUT2D eigenvalue weighted by atomic mass is 9.95. The summed E-state index contributed by atoms with van der Waals surface area (Å²) in [6.07, 6.45) is 4.01. The highest BCUT2D eigenvalue weighted by atomic mass is 14.1. The molecule has 0 aromatic heterocycles. The van der Waals surface area contributed by atoms with E-state index < -0.39 is 0 Å². The second kappa shape index (κ2) is 7.06. The highest BCUT2D eigenvalue weighted by molar-refractivity contribution is 6.20. The molecule has 0 unspecified atom stereocenters. The van der Waals surface area contributed by atoms with Gasteiger partial charge in [-0.2, -0.15) is 0 Å². The van der Waals surface area contributed by atoms with E-state index in [0.717, 1.165) is 11.1 Å². The van der Waals surface area contributed by atoms with E-state index in [1.807, 2.05) is 36.4 Å². The molecular formula is C28H18. The zero-order valence-electron chi connectivity index (χ0n) is 15.4. The predicted molar refractivity (Wildman–Crippen MR) is 121 cm³/mol. The van der Waals surface area contributed by atoms with E-state index in [4.69, 9.17) is 0 Å². The van der Waals surface area contributed by atoms with Gasteiger partial charge in [0, 0.05) is 5.56 Å². The van der Waals surface area contributed by atoms with Gasteiger partial charge in [-0.3, -0.25) is 0 Å². The Morgan fingerprint density at radius 1 is 0.571 bits per heavy atom. The fourth-order valence-corrected chi connectivity index (χ4v) is 3.73. The fourth-order valence-electron chi connectivity index (χ4n) is 3.73. The standard InChI is InChI=1S/C28H18/c1-2-8-21(9-3-1)10-4-5-11-22-14-15-24-17-19-25-18-16-23-12-6-7-13-26(23)28(25)27(24)20-22/h1-3,5-9,11-20H/b11-5-. The molecule has 5 aromatic rings. The zero-order chi connectivity index (χ0) is 18.8. The van der Waals surface area contributed by atoms with Gasteiger partial charge in [0.2, 0.25) is 0 Å². The summed E-state index contributed by atoms with van der Waals surface area (Å²) in [7, 11) is 0. The van der Waals surface area contributed by atoms with Gasteiger partial charge in [-0.15, -0.1) is 0 Å². The third-order valence-corrected chi connectivity index (χ3v) is 5.10. The molecule has 0 atom stereocenters. The molecule has 0 N–H and O–H groups in total. The number of hydrogen-bond donors (Lipinski definition) is 0. The average molecular weight is 354 g/mol. The normalized spacial score (nSPS) is 11.1. The largest absolute Gasteiger partial charge is 0.0696 e. The molecule has 5 rings (SSSR count). The molecule has 28 heavy (non-hydrogen) atoms. The van der Waals surface area contributed by atoms with Crippen LogP contribution in [-0.4, -0.2) is 0 Å². The Kier molecular flexibility index (Phi) is 4.13. The Morgan fingerprint density at radius 3 is 2.11 bits per heavy atom. The van der Waals surface area contributed by atoms with Gasteiger partial charge in [0.1, 0.15) is 0 Å². The third-order valence-electron chi connectivity index (χ3n) is 5.10. The van der Waals surface area contributed by atoms with E-state index in [2.05, 4.69) is 84.6 Å². The van der Waals surface area contributed by atoms with Gasteiger partial charge in [0.05, 0.1) is 0 Å². The summed E-state index contributed by atoms with van der Waals surface area (Å²) in [4.78, 5) is 0. The molecule has 0 amide bonds. The van der Waals surface area contributed by atoms with Crippen molar-refractivity contribution in [1.29, 1.82) is 0 Å². The van der Waals surface area contributed by atoms with Gasteiger partial charge in [-0.1, -0.05) is 90.7 Å². The molecule has 0 aliphatic carbocycles. The molecule has 0 heterocycles. The van der Waals surface area contributed by atoms with E-state index in [9.17, 15) is 0 Å². The Hall–Kier alpha value is -3.82. The first-order chi connectivity index (χ1) is 13.9. The number of rotatable bonds is 1. The van der Waals surface area contributed by atoms with Gasteiger partial charge >= 0.3 is 0 Å². The predicted octanol–water partition coefficient (Wildman–Crippen LogP) is 7.21. The molecule has 0 aliphatic rings. The van der Waals surface area contributed by atoms with Crippen LogP contribution in [-0.2, 0) is 0 Å².